The molecule has 94 valence electrons. The van der Waals surface area contributed by atoms with Crippen LogP contribution in [-0.2, 0) is 0 Å². The number of thiocarbonyl (C=S) groups is 1. The summed E-state index contributed by atoms with van der Waals surface area (Å²) in [6.07, 6.45) is 1.74. The van der Waals surface area contributed by atoms with Gasteiger partial charge in [-0.25, -0.2) is 4.98 Å². The molecule has 0 saturated carbocycles. The molecule has 1 heterocycles. The molecule has 0 atom stereocenters. The molecule has 0 unspecified atom stereocenters. The second kappa shape index (κ2) is 5.96. The van der Waals surface area contributed by atoms with Gasteiger partial charge in [0.15, 0.2) is 0 Å². The minimum absolute atomic E-state index is 0.393. The average molecular weight is 251 g/mol. The molecule has 1 rings (SSSR count). The van der Waals surface area contributed by atoms with Crippen molar-refractivity contribution in [3.8, 4) is 0 Å². The lowest BCUT2D eigenvalue weighted by atomic mass is 10.1. The Morgan fingerprint density at radius 2 is 2.00 bits per heavy atom. The van der Waals surface area contributed by atoms with Gasteiger partial charge in [-0.1, -0.05) is 26.1 Å². The maximum absolute atomic E-state index is 5.56. The van der Waals surface area contributed by atoms with E-state index in [1.807, 2.05) is 12.1 Å². The Bertz CT molecular complexity index is 371. The highest BCUT2D eigenvalue weighted by atomic mass is 32.1. The van der Waals surface area contributed by atoms with Crippen LogP contribution in [0, 0.1) is 5.92 Å². The number of nitrogens with zero attached hydrogens (tertiary/aromatic N) is 2. The first-order valence-corrected chi connectivity index (χ1v) is 6.35. The van der Waals surface area contributed by atoms with Crippen molar-refractivity contribution >= 4 is 23.0 Å². The molecule has 0 aliphatic carbocycles. The van der Waals surface area contributed by atoms with Gasteiger partial charge in [-0.2, -0.15) is 0 Å². The molecule has 0 bridgehead atoms. The van der Waals surface area contributed by atoms with E-state index in [0.29, 0.717) is 16.9 Å². The third kappa shape index (κ3) is 3.97. The summed E-state index contributed by atoms with van der Waals surface area (Å²) in [5.41, 5.74) is 6.37. The Balaban J connectivity index is 2.91. The van der Waals surface area contributed by atoms with Gasteiger partial charge >= 0.3 is 0 Å². The molecule has 1 aromatic heterocycles. The van der Waals surface area contributed by atoms with Crippen LogP contribution >= 0.6 is 12.2 Å². The van der Waals surface area contributed by atoms with Crippen LogP contribution in [0.5, 0.6) is 0 Å². The second-order valence-corrected chi connectivity index (χ2v) is 5.35. The molecule has 2 N–H and O–H groups in total. The summed E-state index contributed by atoms with van der Waals surface area (Å²) < 4.78 is 0. The molecule has 0 saturated heterocycles. The van der Waals surface area contributed by atoms with Gasteiger partial charge in [-0.15, -0.1) is 0 Å². The second-order valence-electron chi connectivity index (χ2n) is 4.91. The summed E-state index contributed by atoms with van der Waals surface area (Å²) >= 11 is 4.92. The van der Waals surface area contributed by atoms with Crippen molar-refractivity contribution in [2.24, 2.45) is 11.7 Å². The quantitative estimate of drug-likeness (QED) is 0.817. The standard InChI is InChI=1S/C13H21N3S/c1-9(2)8-16(10(3)4)12-6-5-11(7-15-12)13(14)17/h5-7,9-10H,8H2,1-4H3,(H2,14,17). The van der Waals surface area contributed by atoms with Crippen LogP contribution in [-0.4, -0.2) is 22.6 Å². The molecular weight excluding hydrogens is 230 g/mol. The Labute approximate surface area is 109 Å². The van der Waals surface area contributed by atoms with E-state index >= 15 is 0 Å². The first-order valence-electron chi connectivity index (χ1n) is 5.94. The van der Waals surface area contributed by atoms with Gasteiger partial charge in [0, 0.05) is 24.3 Å². The van der Waals surface area contributed by atoms with E-state index < -0.39 is 0 Å². The third-order valence-electron chi connectivity index (χ3n) is 2.51. The summed E-state index contributed by atoms with van der Waals surface area (Å²) in [6, 6.07) is 4.35. The maximum Gasteiger partial charge on any atom is 0.128 e. The lowest BCUT2D eigenvalue weighted by molar-refractivity contribution is 0.566. The van der Waals surface area contributed by atoms with Crippen molar-refractivity contribution in [1.29, 1.82) is 0 Å². The molecule has 0 aliphatic rings. The fourth-order valence-electron chi connectivity index (χ4n) is 1.66. The van der Waals surface area contributed by atoms with Crippen LogP contribution in [0.4, 0.5) is 5.82 Å². The molecule has 0 radical (unpaired) electrons. The largest absolute Gasteiger partial charge is 0.389 e. The number of aromatic nitrogens is 1. The summed E-state index contributed by atoms with van der Waals surface area (Å²) in [5, 5.41) is 0. The molecule has 17 heavy (non-hydrogen) atoms. The van der Waals surface area contributed by atoms with Gasteiger partial charge in [0.25, 0.3) is 0 Å². The van der Waals surface area contributed by atoms with Gasteiger partial charge in [0.2, 0.25) is 0 Å². The topological polar surface area (TPSA) is 42.1 Å². The summed E-state index contributed by atoms with van der Waals surface area (Å²) in [5.74, 6) is 1.59. The number of hydrogen-bond donors (Lipinski definition) is 1. The summed E-state index contributed by atoms with van der Waals surface area (Å²) in [6.45, 7) is 9.76. The van der Waals surface area contributed by atoms with Crippen molar-refractivity contribution in [3.63, 3.8) is 0 Å². The van der Waals surface area contributed by atoms with Crippen LogP contribution in [0.3, 0.4) is 0 Å². The molecule has 0 aliphatic heterocycles. The molecule has 3 nitrogen and oxygen atoms in total. The van der Waals surface area contributed by atoms with Crippen molar-refractivity contribution in [2.75, 3.05) is 11.4 Å². The average Bonchev–Trinajstić information content (AvgIpc) is 2.25. The monoisotopic (exact) mass is 251 g/mol. The predicted molar refractivity (Wildman–Crippen MR) is 77.4 cm³/mol. The van der Waals surface area contributed by atoms with E-state index in [0.717, 1.165) is 17.9 Å². The number of anilines is 1. The number of pyridine rings is 1. The Kier molecular flexibility index (Phi) is 4.87. The van der Waals surface area contributed by atoms with E-state index in [-0.39, 0.29) is 0 Å². The maximum atomic E-state index is 5.56. The van der Waals surface area contributed by atoms with Gasteiger partial charge in [-0.05, 0) is 31.9 Å². The van der Waals surface area contributed by atoms with Gasteiger partial charge in [0.05, 0.1) is 0 Å². The zero-order valence-corrected chi connectivity index (χ0v) is 11.8. The number of rotatable bonds is 5. The third-order valence-corrected chi connectivity index (χ3v) is 2.75. The van der Waals surface area contributed by atoms with Gasteiger partial charge in [-0.3, -0.25) is 0 Å². The van der Waals surface area contributed by atoms with Crippen LogP contribution in [0.25, 0.3) is 0 Å². The van der Waals surface area contributed by atoms with Crippen molar-refractivity contribution in [1.82, 2.24) is 4.98 Å². The molecule has 0 spiro atoms. The fourth-order valence-corrected chi connectivity index (χ4v) is 1.78. The van der Waals surface area contributed by atoms with Crippen molar-refractivity contribution in [2.45, 2.75) is 33.7 Å². The van der Waals surface area contributed by atoms with Gasteiger partial charge < -0.3 is 10.6 Å². The SMILES string of the molecule is CC(C)CN(c1ccc(C(N)=S)cn1)C(C)C. The van der Waals surface area contributed by atoms with E-state index in [2.05, 4.69) is 37.6 Å². The van der Waals surface area contributed by atoms with E-state index in [4.69, 9.17) is 18.0 Å². The molecular formula is C13H21N3S. The highest BCUT2D eigenvalue weighted by molar-refractivity contribution is 7.80. The van der Waals surface area contributed by atoms with Crippen LogP contribution in [0.1, 0.15) is 33.3 Å². The molecule has 0 fully saturated rings. The lowest BCUT2D eigenvalue weighted by Gasteiger charge is -2.29. The van der Waals surface area contributed by atoms with Crippen LogP contribution in [0.2, 0.25) is 0 Å². The lowest BCUT2D eigenvalue weighted by Crippen LogP contribution is -2.34. The van der Waals surface area contributed by atoms with Gasteiger partial charge in [0.1, 0.15) is 10.8 Å². The Hall–Kier alpha value is -1.16. The van der Waals surface area contributed by atoms with E-state index in [9.17, 15) is 0 Å². The zero-order chi connectivity index (χ0) is 13.0. The first-order chi connectivity index (χ1) is 7.91. The van der Waals surface area contributed by atoms with E-state index in [1.54, 1.807) is 6.20 Å². The minimum atomic E-state index is 0.393. The Morgan fingerprint density at radius 1 is 1.35 bits per heavy atom. The minimum Gasteiger partial charge on any atom is -0.389 e. The highest BCUT2D eigenvalue weighted by Gasteiger charge is 2.13. The fraction of sp³-hybridized carbons (Fsp3) is 0.538. The normalized spacial score (nSPS) is 10.9. The van der Waals surface area contributed by atoms with Crippen molar-refractivity contribution in [3.05, 3.63) is 23.9 Å². The molecule has 0 aromatic carbocycles. The summed E-state index contributed by atoms with van der Waals surface area (Å²) in [4.78, 5) is 7.11. The van der Waals surface area contributed by atoms with E-state index in [1.165, 1.54) is 0 Å². The first kappa shape index (κ1) is 13.9. The predicted octanol–water partition coefficient (Wildman–Crippen LogP) is 2.59. The highest BCUT2D eigenvalue weighted by Crippen LogP contribution is 2.16. The van der Waals surface area contributed by atoms with Crippen LogP contribution in [0.15, 0.2) is 18.3 Å². The summed E-state index contributed by atoms with van der Waals surface area (Å²) in [7, 11) is 0. The zero-order valence-electron chi connectivity index (χ0n) is 11.0. The molecule has 0 amide bonds. The van der Waals surface area contributed by atoms with Crippen molar-refractivity contribution < 1.29 is 0 Å². The van der Waals surface area contributed by atoms with Crippen LogP contribution < -0.4 is 10.6 Å². The number of nitrogens with two attached hydrogens (primary N) is 1. The Morgan fingerprint density at radius 3 is 2.35 bits per heavy atom. The molecule has 4 heteroatoms. The smallest absolute Gasteiger partial charge is 0.128 e. The number of hydrogen-bond acceptors (Lipinski definition) is 3. The molecule has 1 aromatic rings.